The van der Waals surface area contributed by atoms with Gasteiger partial charge in [-0.15, -0.1) is 0 Å². The molecule has 0 amide bonds. The quantitative estimate of drug-likeness (QED) is 0.508. The van der Waals surface area contributed by atoms with Gasteiger partial charge in [0.15, 0.2) is 0 Å². The van der Waals surface area contributed by atoms with Gasteiger partial charge in [-0.2, -0.15) is 0 Å². The van der Waals surface area contributed by atoms with Crippen LogP contribution in [0.4, 0.5) is 11.4 Å². The van der Waals surface area contributed by atoms with E-state index in [2.05, 4.69) is 0 Å². The highest BCUT2D eigenvalue weighted by Crippen LogP contribution is 2.11. The molecule has 0 unspecified atom stereocenters. The standard InChI is InChI=1S/2C7H7NO2.2C2H6/c1-6-2-4-7(5-3-6)8(9)10;1-6-3-2-4-7(5-6)8(9)10;2*1-2/h2*2-5H,1H3;2*1-2H3. The number of hydrogen-bond donors (Lipinski definition) is 0. The zero-order valence-corrected chi connectivity index (χ0v) is 15.1. The Morgan fingerprint density at radius 1 is 0.667 bits per heavy atom. The Morgan fingerprint density at radius 2 is 1.12 bits per heavy atom. The van der Waals surface area contributed by atoms with Gasteiger partial charge in [0.05, 0.1) is 9.85 Å². The van der Waals surface area contributed by atoms with Crippen molar-refractivity contribution in [2.45, 2.75) is 41.5 Å². The lowest BCUT2D eigenvalue weighted by molar-refractivity contribution is -0.385. The summed E-state index contributed by atoms with van der Waals surface area (Å²) in [6, 6.07) is 13.0. The minimum absolute atomic E-state index is 0.144. The molecule has 0 saturated carbocycles. The number of aryl methyl sites for hydroxylation is 2. The Morgan fingerprint density at radius 3 is 1.46 bits per heavy atom. The van der Waals surface area contributed by atoms with Crippen molar-refractivity contribution < 1.29 is 9.85 Å². The summed E-state index contributed by atoms with van der Waals surface area (Å²) >= 11 is 0. The molecule has 0 aromatic heterocycles. The number of hydrogen-bond acceptors (Lipinski definition) is 4. The van der Waals surface area contributed by atoms with Gasteiger partial charge >= 0.3 is 0 Å². The molecule has 2 aromatic carbocycles. The molecule has 0 aliphatic carbocycles. The smallest absolute Gasteiger partial charge is 0.258 e. The largest absolute Gasteiger partial charge is 0.269 e. The zero-order chi connectivity index (χ0) is 19.1. The van der Waals surface area contributed by atoms with E-state index in [1.54, 1.807) is 24.3 Å². The fraction of sp³-hybridized carbons (Fsp3) is 0.333. The second-order valence-corrected chi connectivity index (χ2v) is 4.19. The van der Waals surface area contributed by atoms with Crippen LogP contribution < -0.4 is 0 Å². The van der Waals surface area contributed by atoms with E-state index in [1.165, 1.54) is 18.2 Å². The molecule has 6 heteroatoms. The van der Waals surface area contributed by atoms with Crippen LogP contribution in [0.25, 0.3) is 0 Å². The third kappa shape index (κ3) is 10.0. The summed E-state index contributed by atoms with van der Waals surface area (Å²) in [5.41, 5.74) is 2.24. The fourth-order valence-corrected chi connectivity index (χ4v) is 1.41. The molecule has 0 aliphatic heterocycles. The maximum Gasteiger partial charge on any atom is 0.269 e. The van der Waals surface area contributed by atoms with Gasteiger partial charge in [0.2, 0.25) is 0 Å². The van der Waals surface area contributed by atoms with Gasteiger partial charge in [-0.25, -0.2) is 0 Å². The predicted octanol–water partition coefficient (Wildman–Crippen LogP) is 5.86. The van der Waals surface area contributed by atoms with E-state index in [-0.39, 0.29) is 11.4 Å². The minimum atomic E-state index is -0.403. The monoisotopic (exact) mass is 334 g/mol. The highest BCUT2D eigenvalue weighted by molar-refractivity contribution is 5.33. The van der Waals surface area contributed by atoms with Crippen LogP contribution in [-0.2, 0) is 0 Å². The first-order valence-electron chi connectivity index (χ1n) is 7.82. The van der Waals surface area contributed by atoms with E-state index >= 15 is 0 Å². The van der Waals surface area contributed by atoms with Crippen LogP contribution in [0, 0.1) is 34.1 Å². The molecule has 0 bridgehead atoms. The molecular weight excluding hydrogens is 308 g/mol. The molecule has 2 aromatic rings. The predicted molar refractivity (Wildman–Crippen MR) is 98.4 cm³/mol. The third-order valence-electron chi connectivity index (χ3n) is 2.46. The van der Waals surface area contributed by atoms with E-state index < -0.39 is 9.85 Å². The van der Waals surface area contributed by atoms with Crippen LogP contribution >= 0.6 is 0 Å². The molecule has 0 fully saturated rings. The van der Waals surface area contributed by atoms with E-state index in [1.807, 2.05) is 47.6 Å². The van der Waals surface area contributed by atoms with Gasteiger partial charge in [0.1, 0.15) is 0 Å². The lowest BCUT2D eigenvalue weighted by atomic mass is 10.2. The SMILES string of the molecule is CC.CC.Cc1ccc([N+](=O)[O-])cc1.Cc1cccc([N+](=O)[O-])c1. The Kier molecular flexibility index (Phi) is 13.6. The number of non-ortho nitro benzene ring substituents is 2. The molecule has 0 N–H and O–H groups in total. The van der Waals surface area contributed by atoms with Crippen molar-refractivity contribution >= 4 is 11.4 Å². The molecule has 6 nitrogen and oxygen atoms in total. The van der Waals surface area contributed by atoms with Crippen LogP contribution in [-0.4, -0.2) is 9.85 Å². The summed E-state index contributed by atoms with van der Waals surface area (Å²) < 4.78 is 0. The first kappa shape index (κ1) is 23.5. The van der Waals surface area contributed by atoms with Gasteiger partial charge in [-0.3, -0.25) is 20.2 Å². The normalized spacial score (nSPS) is 8.25. The van der Waals surface area contributed by atoms with Crippen molar-refractivity contribution in [3.63, 3.8) is 0 Å². The lowest BCUT2D eigenvalue weighted by Gasteiger charge is -1.90. The fourth-order valence-electron chi connectivity index (χ4n) is 1.41. The van der Waals surface area contributed by atoms with E-state index in [4.69, 9.17) is 0 Å². The number of benzene rings is 2. The molecule has 132 valence electrons. The molecule has 0 spiro atoms. The van der Waals surface area contributed by atoms with Crippen molar-refractivity contribution in [3.8, 4) is 0 Å². The highest BCUT2D eigenvalue weighted by Gasteiger charge is 2.02. The van der Waals surface area contributed by atoms with Crippen molar-refractivity contribution in [2.75, 3.05) is 0 Å². The van der Waals surface area contributed by atoms with Gasteiger partial charge in [-0.1, -0.05) is 57.5 Å². The van der Waals surface area contributed by atoms with Gasteiger partial charge in [0, 0.05) is 24.3 Å². The Bertz CT molecular complexity index is 611. The second kappa shape index (κ2) is 13.9. The molecular formula is C18H26N2O4. The summed E-state index contributed by atoms with van der Waals surface area (Å²) in [6.45, 7) is 11.7. The van der Waals surface area contributed by atoms with Crippen molar-refractivity contribution in [3.05, 3.63) is 79.9 Å². The maximum atomic E-state index is 10.2. The van der Waals surface area contributed by atoms with Crippen LogP contribution in [0.2, 0.25) is 0 Å². The topological polar surface area (TPSA) is 86.3 Å². The first-order valence-corrected chi connectivity index (χ1v) is 7.82. The average Bonchev–Trinajstić information content (AvgIpc) is 2.59. The number of nitro benzene ring substituents is 2. The Hall–Kier alpha value is -2.76. The molecule has 2 rings (SSSR count). The lowest BCUT2D eigenvalue weighted by Crippen LogP contribution is -1.86. The van der Waals surface area contributed by atoms with E-state index in [0.717, 1.165) is 11.1 Å². The van der Waals surface area contributed by atoms with Gasteiger partial charge in [0.25, 0.3) is 11.4 Å². The summed E-state index contributed by atoms with van der Waals surface area (Å²) in [5.74, 6) is 0. The van der Waals surface area contributed by atoms with Crippen molar-refractivity contribution in [2.24, 2.45) is 0 Å². The molecule has 0 aliphatic rings. The Balaban J connectivity index is 0. The maximum absolute atomic E-state index is 10.2. The molecule has 0 heterocycles. The highest BCUT2D eigenvalue weighted by atomic mass is 16.6. The summed E-state index contributed by atoms with van der Waals surface area (Å²) in [5, 5.41) is 20.3. The van der Waals surface area contributed by atoms with Crippen molar-refractivity contribution in [1.82, 2.24) is 0 Å². The second-order valence-electron chi connectivity index (χ2n) is 4.19. The van der Waals surface area contributed by atoms with Crippen LogP contribution in [0.3, 0.4) is 0 Å². The van der Waals surface area contributed by atoms with Gasteiger partial charge < -0.3 is 0 Å². The molecule has 24 heavy (non-hydrogen) atoms. The first-order chi connectivity index (χ1) is 11.4. The van der Waals surface area contributed by atoms with Crippen LogP contribution in [0.5, 0.6) is 0 Å². The summed E-state index contributed by atoms with van der Waals surface area (Å²) in [7, 11) is 0. The molecule has 0 radical (unpaired) electrons. The summed E-state index contributed by atoms with van der Waals surface area (Å²) in [6.07, 6.45) is 0. The van der Waals surface area contributed by atoms with Crippen LogP contribution in [0.1, 0.15) is 38.8 Å². The van der Waals surface area contributed by atoms with E-state index in [0.29, 0.717) is 0 Å². The van der Waals surface area contributed by atoms with E-state index in [9.17, 15) is 20.2 Å². The number of rotatable bonds is 2. The molecule has 0 saturated heterocycles. The molecule has 0 atom stereocenters. The van der Waals surface area contributed by atoms with Crippen molar-refractivity contribution in [1.29, 1.82) is 0 Å². The third-order valence-corrected chi connectivity index (χ3v) is 2.46. The summed E-state index contributed by atoms with van der Waals surface area (Å²) in [4.78, 5) is 19.5. The average molecular weight is 334 g/mol. The number of nitrogens with zero attached hydrogens (tertiary/aromatic N) is 2. The zero-order valence-electron chi connectivity index (χ0n) is 15.1. The van der Waals surface area contributed by atoms with Gasteiger partial charge in [-0.05, 0) is 19.4 Å². The number of nitro groups is 2. The Labute approximate surface area is 143 Å². The van der Waals surface area contributed by atoms with Crippen LogP contribution in [0.15, 0.2) is 48.5 Å². The minimum Gasteiger partial charge on any atom is -0.258 e.